The summed E-state index contributed by atoms with van der Waals surface area (Å²) in [4.78, 5) is 1.45. The van der Waals surface area contributed by atoms with Crippen LogP contribution in [0.5, 0.6) is 0 Å². The highest BCUT2D eigenvalue weighted by atomic mass is 32.2. The lowest BCUT2D eigenvalue weighted by molar-refractivity contribution is -0.0851. The van der Waals surface area contributed by atoms with Crippen molar-refractivity contribution in [2.45, 2.75) is 56.6 Å². The fraction of sp³-hybridized carbons (Fsp3) is 0.647. The van der Waals surface area contributed by atoms with Crippen LogP contribution in [0.15, 0.2) is 29.2 Å². The lowest BCUT2D eigenvalue weighted by Crippen LogP contribution is -2.58. The third-order valence-corrected chi connectivity index (χ3v) is 7.03. The Labute approximate surface area is 116 Å². The van der Waals surface area contributed by atoms with Crippen LogP contribution in [0.3, 0.4) is 0 Å². The van der Waals surface area contributed by atoms with Gasteiger partial charge in [0.1, 0.15) is 0 Å². The van der Waals surface area contributed by atoms with E-state index in [9.17, 15) is 0 Å². The van der Waals surface area contributed by atoms with Crippen LogP contribution >= 0.6 is 11.8 Å². The van der Waals surface area contributed by atoms with Gasteiger partial charge < -0.3 is 0 Å². The predicted molar refractivity (Wildman–Crippen MR) is 80.1 cm³/mol. The van der Waals surface area contributed by atoms with E-state index in [1.54, 1.807) is 0 Å². The van der Waals surface area contributed by atoms with Gasteiger partial charge in [0.15, 0.2) is 0 Å². The maximum Gasteiger partial charge on any atom is 0.0212 e. The van der Waals surface area contributed by atoms with Crippen molar-refractivity contribution in [3.63, 3.8) is 0 Å². The average Bonchev–Trinajstić information content (AvgIpc) is 2.31. The number of hydrogen-bond donors (Lipinski definition) is 0. The molecule has 0 heterocycles. The van der Waals surface area contributed by atoms with Crippen molar-refractivity contribution in [3.8, 4) is 0 Å². The normalized spacial score (nSPS) is 37.1. The zero-order valence-corrected chi connectivity index (χ0v) is 12.8. The third-order valence-electron chi connectivity index (χ3n) is 5.57. The van der Waals surface area contributed by atoms with Gasteiger partial charge in [-0.2, -0.15) is 0 Å². The van der Waals surface area contributed by atoms with Gasteiger partial charge in [-0.1, -0.05) is 31.5 Å². The molecule has 0 saturated heterocycles. The van der Waals surface area contributed by atoms with Crippen LogP contribution in [0.1, 0.15) is 45.6 Å². The molecule has 1 aromatic rings. The maximum absolute atomic E-state index is 2.50. The fourth-order valence-corrected chi connectivity index (χ4v) is 5.75. The first-order valence-corrected chi connectivity index (χ1v) is 7.99. The van der Waals surface area contributed by atoms with E-state index in [-0.39, 0.29) is 0 Å². The molecule has 0 aromatic heterocycles. The Morgan fingerprint density at radius 2 is 1.78 bits per heavy atom. The average molecular weight is 260 g/mol. The molecule has 3 fully saturated rings. The molecule has 3 aliphatic rings. The van der Waals surface area contributed by atoms with E-state index in [1.807, 2.05) is 0 Å². The molecule has 3 saturated carbocycles. The van der Waals surface area contributed by atoms with E-state index in [1.165, 1.54) is 29.7 Å². The van der Waals surface area contributed by atoms with Crippen molar-refractivity contribution in [2.75, 3.05) is 0 Å². The van der Waals surface area contributed by atoms with E-state index < -0.39 is 0 Å². The van der Waals surface area contributed by atoms with Gasteiger partial charge in [0.2, 0.25) is 0 Å². The van der Waals surface area contributed by atoms with E-state index in [2.05, 4.69) is 63.7 Å². The Morgan fingerprint density at radius 1 is 1.11 bits per heavy atom. The number of benzene rings is 1. The first-order valence-electron chi connectivity index (χ1n) is 7.17. The van der Waals surface area contributed by atoms with Crippen LogP contribution in [0.4, 0.5) is 0 Å². The van der Waals surface area contributed by atoms with Crippen molar-refractivity contribution >= 4 is 11.8 Å². The summed E-state index contributed by atoms with van der Waals surface area (Å²) in [5.41, 5.74) is 1.93. The van der Waals surface area contributed by atoms with Gasteiger partial charge in [0, 0.05) is 9.64 Å². The minimum Gasteiger partial charge on any atom is -0.119 e. The standard InChI is InChI=1S/C17H24S/c1-12-5-7-14(8-6-12)18-17(4)10-9-13-11-15(17)16(13,2)3/h5-8,13,15H,9-11H2,1-4H3/t13-,15+,17?/m1/s1. The van der Waals surface area contributed by atoms with Crippen molar-refractivity contribution in [1.82, 2.24) is 0 Å². The molecule has 1 unspecified atom stereocenters. The largest absolute Gasteiger partial charge is 0.119 e. The second-order valence-electron chi connectivity index (χ2n) is 7.07. The summed E-state index contributed by atoms with van der Waals surface area (Å²) in [7, 11) is 0. The van der Waals surface area contributed by atoms with E-state index in [0.717, 1.165) is 11.8 Å². The quantitative estimate of drug-likeness (QED) is 0.695. The SMILES string of the molecule is Cc1ccc(SC2(C)CC[C@@H]3C[C@H]2C3(C)C)cc1. The van der Waals surface area contributed by atoms with Crippen molar-refractivity contribution in [2.24, 2.45) is 17.3 Å². The zero-order chi connectivity index (χ0) is 13.0. The Morgan fingerprint density at radius 3 is 2.33 bits per heavy atom. The second-order valence-corrected chi connectivity index (χ2v) is 8.68. The van der Waals surface area contributed by atoms with Crippen LogP contribution < -0.4 is 0 Å². The van der Waals surface area contributed by atoms with Crippen molar-refractivity contribution < 1.29 is 0 Å². The molecule has 0 spiro atoms. The molecule has 98 valence electrons. The molecule has 0 N–H and O–H groups in total. The minimum atomic E-state index is 0.452. The highest BCUT2D eigenvalue weighted by molar-refractivity contribution is 8.00. The molecule has 0 nitrogen and oxygen atoms in total. The molecule has 0 aliphatic heterocycles. The summed E-state index contributed by atoms with van der Waals surface area (Å²) in [5, 5.41) is 0. The van der Waals surface area contributed by atoms with Gasteiger partial charge in [0.05, 0.1) is 0 Å². The van der Waals surface area contributed by atoms with Gasteiger partial charge in [-0.15, -0.1) is 11.8 Å². The van der Waals surface area contributed by atoms with Gasteiger partial charge >= 0.3 is 0 Å². The van der Waals surface area contributed by atoms with E-state index in [4.69, 9.17) is 0 Å². The zero-order valence-electron chi connectivity index (χ0n) is 12.0. The number of hydrogen-bond acceptors (Lipinski definition) is 1. The molecule has 0 radical (unpaired) electrons. The van der Waals surface area contributed by atoms with Gasteiger partial charge in [-0.25, -0.2) is 0 Å². The van der Waals surface area contributed by atoms with E-state index in [0.29, 0.717) is 10.2 Å². The lowest BCUT2D eigenvalue weighted by atomic mass is 9.45. The minimum absolute atomic E-state index is 0.452. The van der Waals surface area contributed by atoms with Crippen molar-refractivity contribution in [3.05, 3.63) is 29.8 Å². The summed E-state index contributed by atoms with van der Waals surface area (Å²) in [6.07, 6.45) is 4.28. The Bertz CT molecular complexity index is 443. The van der Waals surface area contributed by atoms with Gasteiger partial charge in [0.25, 0.3) is 0 Å². The second kappa shape index (κ2) is 4.03. The summed E-state index contributed by atoms with van der Waals surface area (Å²) in [6.45, 7) is 9.63. The molecule has 18 heavy (non-hydrogen) atoms. The smallest absolute Gasteiger partial charge is 0.0212 e. The molecule has 0 amide bonds. The molecule has 2 bridgehead atoms. The van der Waals surface area contributed by atoms with Crippen LogP contribution in [0, 0.1) is 24.2 Å². The Balaban J connectivity index is 1.81. The molecular formula is C17H24S. The van der Waals surface area contributed by atoms with Gasteiger partial charge in [-0.3, -0.25) is 0 Å². The summed E-state index contributed by atoms with van der Waals surface area (Å²) in [5.74, 6) is 1.89. The van der Waals surface area contributed by atoms with E-state index >= 15 is 0 Å². The third kappa shape index (κ3) is 1.82. The lowest BCUT2D eigenvalue weighted by Gasteiger charge is -2.64. The Hall–Kier alpha value is -0.430. The summed E-state index contributed by atoms with van der Waals surface area (Å²) in [6, 6.07) is 9.07. The fourth-order valence-electron chi connectivity index (χ4n) is 4.17. The summed E-state index contributed by atoms with van der Waals surface area (Å²) < 4.78 is 0.452. The van der Waals surface area contributed by atoms with Crippen LogP contribution in [0.25, 0.3) is 0 Å². The predicted octanol–water partition coefficient (Wildman–Crippen LogP) is 5.30. The first-order chi connectivity index (χ1) is 8.42. The number of thioether (sulfide) groups is 1. The first kappa shape index (κ1) is 12.6. The Kier molecular flexibility index (Phi) is 2.82. The molecular weight excluding hydrogens is 236 g/mol. The highest BCUT2D eigenvalue weighted by Crippen LogP contribution is 2.66. The van der Waals surface area contributed by atoms with Crippen LogP contribution in [-0.2, 0) is 0 Å². The molecule has 1 heteroatoms. The monoisotopic (exact) mass is 260 g/mol. The summed E-state index contributed by atoms with van der Waals surface area (Å²) >= 11 is 2.12. The number of aryl methyl sites for hydroxylation is 1. The molecule has 1 aromatic carbocycles. The topological polar surface area (TPSA) is 0 Å². The molecule has 4 rings (SSSR count). The highest BCUT2D eigenvalue weighted by Gasteiger charge is 2.59. The number of rotatable bonds is 2. The van der Waals surface area contributed by atoms with Crippen LogP contribution in [0.2, 0.25) is 0 Å². The molecule has 3 atom stereocenters. The number of fused-ring (bicyclic) bond motifs is 2. The van der Waals surface area contributed by atoms with Crippen molar-refractivity contribution in [1.29, 1.82) is 0 Å². The van der Waals surface area contributed by atoms with Gasteiger partial charge in [-0.05, 0) is 62.5 Å². The maximum atomic E-state index is 2.50. The molecule has 3 aliphatic carbocycles. The van der Waals surface area contributed by atoms with Crippen LogP contribution in [-0.4, -0.2) is 4.75 Å².